The van der Waals surface area contributed by atoms with Gasteiger partial charge in [-0.1, -0.05) is 29.8 Å². The van der Waals surface area contributed by atoms with Crippen LogP contribution in [-0.4, -0.2) is 17.3 Å². The number of nitrogens with one attached hydrogen (secondary N) is 1. The van der Waals surface area contributed by atoms with Gasteiger partial charge in [0.05, 0.1) is 0 Å². The normalized spacial score (nSPS) is 28.5. The Hall–Kier alpha value is -0.0500. The van der Waals surface area contributed by atoms with Crippen LogP contribution in [0.1, 0.15) is 46.0 Å². The van der Waals surface area contributed by atoms with Gasteiger partial charge in [0, 0.05) is 17.3 Å². The first-order valence-electron chi connectivity index (χ1n) is 6.05. The summed E-state index contributed by atoms with van der Waals surface area (Å²) < 4.78 is 0. The molecular formula is C12H22BrNO. The van der Waals surface area contributed by atoms with E-state index in [1.165, 1.54) is 12.8 Å². The maximum atomic E-state index is 11.8. The average molecular weight is 276 g/mol. The van der Waals surface area contributed by atoms with Crippen molar-refractivity contribution in [3.05, 3.63) is 0 Å². The van der Waals surface area contributed by atoms with Gasteiger partial charge in [0.25, 0.3) is 0 Å². The van der Waals surface area contributed by atoms with Crippen molar-refractivity contribution in [2.24, 2.45) is 11.8 Å². The van der Waals surface area contributed by atoms with Crippen LogP contribution >= 0.6 is 15.9 Å². The monoisotopic (exact) mass is 275 g/mol. The van der Waals surface area contributed by atoms with Crippen LogP contribution in [0.5, 0.6) is 0 Å². The quantitative estimate of drug-likeness (QED) is 0.785. The van der Waals surface area contributed by atoms with Crippen molar-refractivity contribution in [1.82, 2.24) is 5.32 Å². The smallest absolute Gasteiger partial charge is 0.223 e. The Morgan fingerprint density at radius 2 is 2.00 bits per heavy atom. The van der Waals surface area contributed by atoms with E-state index in [0.29, 0.717) is 4.83 Å². The number of carbonyl (C=O) groups excluding carboxylic acids is 1. The lowest BCUT2D eigenvalue weighted by atomic mass is 9.82. The van der Waals surface area contributed by atoms with Gasteiger partial charge >= 0.3 is 0 Å². The van der Waals surface area contributed by atoms with Crippen LogP contribution in [0, 0.1) is 11.8 Å². The Labute approximate surface area is 101 Å². The van der Waals surface area contributed by atoms with Crippen LogP contribution in [0.25, 0.3) is 0 Å². The first-order valence-corrected chi connectivity index (χ1v) is 6.96. The standard InChI is InChI=1S/C12H22BrNO/c1-3-11(13)8-14-12(15)10-6-4-9(2)5-7-10/h9-11H,3-8H2,1-2H3,(H,14,15). The molecule has 88 valence electrons. The van der Waals surface area contributed by atoms with Gasteiger partial charge in [-0.05, 0) is 38.0 Å². The highest BCUT2D eigenvalue weighted by Crippen LogP contribution is 2.28. The number of carbonyl (C=O) groups is 1. The highest BCUT2D eigenvalue weighted by molar-refractivity contribution is 9.09. The van der Waals surface area contributed by atoms with E-state index in [4.69, 9.17) is 0 Å². The summed E-state index contributed by atoms with van der Waals surface area (Å²) in [6.45, 7) is 5.16. The van der Waals surface area contributed by atoms with Crippen molar-refractivity contribution >= 4 is 21.8 Å². The van der Waals surface area contributed by atoms with Crippen molar-refractivity contribution < 1.29 is 4.79 Å². The minimum Gasteiger partial charge on any atom is -0.355 e. The molecule has 3 heteroatoms. The first kappa shape index (κ1) is 13.0. The summed E-state index contributed by atoms with van der Waals surface area (Å²) in [7, 11) is 0. The lowest BCUT2D eigenvalue weighted by Gasteiger charge is -2.25. The number of amides is 1. The van der Waals surface area contributed by atoms with E-state index in [1.54, 1.807) is 0 Å². The summed E-state index contributed by atoms with van der Waals surface area (Å²) in [5.41, 5.74) is 0. The predicted octanol–water partition coefficient (Wildman–Crippen LogP) is 3.10. The van der Waals surface area contributed by atoms with Gasteiger partial charge in [0.15, 0.2) is 0 Å². The summed E-state index contributed by atoms with van der Waals surface area (Å²) in [6.07, 6.45) is 5.63. The second-order valence-electron chi connectivity index (χ2n) is 4.71. The molecular weight excluding hydrogens is 254 g/mol. The van der Waals surface area contributed by atoms with E-state index in [1.807, 2.05) is 0 Å². The van der Waals surface area contributed by atoms with E-state index in [2.05, 4.69) is 35.1 Å². The molecule has 0 aromatic carbocycles. The molecule has 1 aliphatic carbocycles. The molecule has 2 nitrogen and oxygen atoms in total. The number of halogens is 1. The molecule has 0 aliphatic heterocycles. The first-order chi connectivity index (χ1) is 7.13. The van der Waals surface area contributed by atoms with Crippen LogP contribution < -0.4 is 5.32 Å². The highest BCUT2D eigenvalue weighted by atomic mass is 79.9. The summed E-state index contributed by atoms with van der Waals surface area (Å²) >= 11 is 3.52. The molecule has 15 heavy (non-hydrogen) atoms. The zero-order valence-corrected chi connectivity index (χ0v) is 11.3. The summed E-state index contributed by atoms with van der Waals surface area (Å²) in [6, 6.07) is 0. The van der Waals surface area contributed by atoms with Gasteiger partial charge in [-0.2, -0.15) is 0 Å². The SMILES string of the molecule is CCC(Br)CNC(=O)C1CCC(C)CC1. The van der Waals surface area contributed by atoms with Crippen molar-refractivity contribution in [3.8, 4) is 0 Å². The fraction of sp³-hybridized carbons (Fsp3) is 0.917. The predicted molar refractivity (Wildman–Crippen MR) is 67.1 cm³/mol. The van der Waals surface area contributed by atoms with E-state index in [-0.39, 0.29) is 11.8 Å². The topological polar surface area (TPSA) is 29.1 Å². The zero-order chi connectivity index (χ0) is 11.3. The van der Waals surface area contributed by atoms with Gasteiger partial charge in [-0.3, -0.25) is 4.79 Å². The third kappa shape index (κ3) is 4.54. The van der Waals surface area contributed by atoms with Crippen LogP contribution in [0.4, 0.5) is 0 Å². The van der Waals surface area contributed by atoms with Crippen LogP contribution in [0.15, 0.2) is 0 Å². The van der Waals surface area contributed by atoms with Gasteiger partial charge in [-0.15, -0.1) is 0 Å². The Balaban J connectivity index is 2.22. The lowest BCUT2D eigenvalue weighted by molar-refractivity contribution is -0.126. The third-order valence-electron chi connectivity index (χ3n) is 3.33. The van der Waals surface area contributed by atoms with E-state index in [0.717, 1.165) is 31.7 Å². The summed E-state index contributed by atoms with van der Waals surface area (Å²) in [5, 5.41) is 3.03. The Morgan fingerprint density at radius 1 is 1.40 bits per heavy atom. The minimum absolute atomic E-state index is 0.264. The van der Waals surface area contributed by atoms with Gasteiger partial charge in [0.2, 0.25) is 5.91 Å². The molecule has 0 spiro atoms. The molecule has 1 rings (SSSR count). The Morgan fingerprint density at radius 3 is 2.53 bits per heavy atom. The van der Waals surface area contributed by atoms with E-state index in [9.17, 15) is 4.79 Å². The molecule has 0 aromatic rings. The van der Waals surface area contributed by atoms with E-state index < -0.39 is 0 Å². The largest absolute Gasteiger partial charge is 0.355 e. The number of alkyl halides is 1. The Kier molecular flexibility index (Phi) is 5.65. The molecule has 0 heterocycles. The second-order valence-corrected chi connectivity index (χ2v) is 6.00. The number of rotatable bonds is 4. The fourth-order valence-corrected chi connectivity index (χ4v) is 2.18. The molecule has 0 bridgehead atoms. The molecule has 1 unspecified atom stereocenters. The van der Waals surface area contributed by atoms with E-state index >= 15 is 0 Å². The van der Waals surface area contributed by atoms with Crippen molar-refractivity contribution in [1.29, 1.82) is 0 Å². The van der Waals surface area contributed by atoms with Gasteiger partial charge in [-0.25, -0.2) is 0 Å². The lowest BCUT2D eigenvalue weighted by Crippen LogP contribution is -2.36. The zero-order valence-electron chi connectivity index (χ0n) is 9.76. The molecule has 1 N–H and O–H groups in total. The number of hydrogen-bond acceptors (Lipinski definition) is 1. The van der Waals surface area contributed by atoms with Crippen molar-refractivity contribution in [3.63, 3.8) is 0 Å². The molecule has 1 atom stereocenters. The maximum Gasteiger partial charge on any atom is 0.223 e. The van der Waals surface area contributed by atoms with Crippen LogP contribution in [-0.2, 0) is 4.79 Å². The molecule has 1 aliphatic rings. The number of hydrogen-bond donors (Lipinski definition) is 1. The third-order valence-corrected chi connectivity index (χ3v) is 4.30. The summed E-state index contributed by atoms with van der Waals surface area (Å²) in [4.78, 5) is 12.2. The Bertz CT molecular complexity index is 200. The second kappa shape index (κ2) is 6.51. The average Bonchev–Trinajstić information content (AvgIpc) is 2.26. The van der Waals surface area contributed by atoms with Gasteiger partial charge < -0.3 is 5.32 Å². The molecule has 1 fully saturated rings. The van der Waals surface area contributed by atoms with Crippen molar-refractivity contribution in [2.45, 2.75) is 50.8 Å². The molecule has 1 saturated carbocycles. The maximum absolute atomic E-state index is 11.8. The molecule has 0 aromatic heterocycles. The molecule has 0 radical (unpaired) electrons. The van der Waals surface area contributed by atoms with Gasteiger partial charge in [0.1, 0.15) is 0 Å². The minimum atomic E-state index is 0.264. The molecule has 1 amide bonds. The molecule has 0 saturated heterocycles. The van der Waals surface area contributed by atoms with Crippen LogP contribution in [0.3, 0.4) is 0 Å². The van der Waals surface area contributed by atoms with Crippen LogP contribution in [0.2, 0.25) is 0 Å². The summed E-state index contributed by atoms with van der Waals surface area (Å²) in [5.74, 6) is 1.35. The highest BCUT2D eigenvalue weighted by Gasteiger charge is 2.24. The van der Waals surface area contributed by atoms with Crippen molar-refractivity contribution in [2.75, 3.05) is 6.54 Å². The fourth-order valence-electron chi connectivity index (χ4n) is 2.02.